The summed E-state index contributed by atoms with van der Waals surface area (Å²) in [7, 11) is 0. The van der Waals surface area contributed by atoms with E-state index in [4.69, 9.17) is 0 Å². The summed E-state index contributed by atoms with van der Waals surface area (Å²) >= 11 is 0. The molecule has 1 aromatic carbocycles. The molecule has 3 aliphatic rings. The van der Waals surface area contributed by atoms with E-state index in [1.807, 2.05) is 18.2 Å². The van der Waals surface area contributed by atoms with Gasteiger partial charge in [-0.05, 0) is 55.3 Å². The second-order valence-electron chi connectivity index (χ2n) is 6.88. The van der Waals surface area contributed by atoms with E-state index in [0.29, 0.717) is 17.7 Å². The number of carbonyl (C=O) groups excluding carboxylic acids is 1. The maximum atomic E-state index is 11.2. The van der Waals surface area contributed by atoms with Crippen molar-refractivity contribution in [2.45, 2.75) is 25.3 Å². The van der Waals surface area contributed by atoms with Crippen molar-refractivity contribution >= 4 is 17.2 Å². The monoisotopic (exact) mass is 306 g/mol. The molecule has 3 saturated heterocycles. The van der Waals surface area contributed by atoms with Gasteiger partial charge in [0.1, 0.15) is 5.69 Å². The lowest BCUT2D eigenvalue weighted by Crippen LogP contribution is -2.53. The molecule has 1 aromatic heterocycles. The number of benzene rings is 1. The van der Waals surface area contributed by atoms with Crippen molar-refractivity contribution in [3.63, 3.8) is 0 Å². The van der Waals surface area contributed by atoms with Crippen molar-refractivity contribution in [1.82, 2.24) is 9.88 Å². The van der Waals surface area contributed by atoms with Gasteiger partial charge in [-0.3, -0.25) is 9.69 Å². The number of carbonyl (C=O) groups is 1. The molecule has 5 rings (SSSR count). The van der Waals surface area contributed by atoms with Crippen LogP contribution in [0.15, 0.2) is 43.0 Å². The summed E-state index contributed by atoms with van der Waals surface area (Å²) in [5.41, 5.74) is 2.72. The molecule has 2 bridgehead atoms. The lowest BCUT2D eigenvalue weighted by atomic mass is 9.74. The van der Waals surface area contributed by atoms with E-state index in [1.54, 1.807) is 0 Å². The fourth-order valence-corrected chi connectivity index (χ4v) is 4.41. The molecular formula is C20H22N2O. The standard InChI is InChI=1S/C20H22N2O/c1-2-14-12-22-8-7-15(14)10-18(22)11-16-9-17(13-23)21-20-6-4-3-5-19(16)20/h2-6,9,13-15,18H,1,7-8,10-12H2/t14-,15+,18+/m0/s1. The van der Waals surface area contributed by atoms with E-state index in [2.05, 4.69) is 34.7 Å². The van der Waals surface area contributed by atoms with Crippen LogP contribution in [0.1, 0.15) is 28.9 Å². The highest BCUT2D eigenvalue weighted by Crippen LogP contribution is 2.38. The molecule has 118 valence electrons. The second-order valence-corrected chi connectivity index (χ2v) is 6.88. The van der Waals surface area contributed by atoms with Gasteiger partial charge in [-0.25, -0.2) is 4.98 Å². The van der Waals surface area contributed by atoms with Gasteiger partial charge in [0.2, 0.25) is 0 Å². The summed E-state index contributed by atoms with van der Waals surface area (Å²) in [4.78, 5) is 18.3. The fourth-order valence-electron chi connectivity index (χ4n) is 4.41. The third-order valence-electron chi connectivity index (χ3n) is 5.63. The molecule has 0 N–H and O–H groups in total. The zero-order chi connectivity index (χ0) is 15.8. The van der Waals surface area contributed by atoms with E-state index in [9.17, 15) is 4.79 Å². The number of aldehydes is 1. The third kappa shape index (κ3) is 2.59. The number of hydrogen-bond donors (Lipinski definition) is 0. The Balaban J connectivity index is 1.66. The number of para-hydroxylation sites is 1. The fraction of sp³-hybridized carbons (Fsp3) is 0.400. The number of fused-ring (bicyclic) bond motifs is 4. The average Bonchev–Trinajstić information content (AvgIpc) is 2.62. The van der Waals surface area contributed by atoms with Gasteiger partial charge >= 0.3 is 0 Å². The summed E-state index contributed by atoms with van der Waals surface area (Å²) < 4.78 is 0. The number of nitrogens with zero attached hydrogens (tertiary/aromatic N) is 2. The molecule has 3 fully saturated rings. The first-order valence-electron chi connectivity index (χ1n) is 8.49. The second kappa shape index (κ2) is 5.89. The summed E-state index contributed by atoms with van der Waals surface area (Å²) in [6, 6.07) is 10.7. The predicted molar refractivity (Wildman–Crippen MR) is 92.6 cm³/mol. The maximum absolute atomic E-state index is 11.2. The summed E-state index contributed by atoms with van der Waals surface area (Å²) in [6.45, 7) is 6.34. The van der Waals surface area contributed by atoms with Gasteiger partial charge in [0.25, 0.3) is 0 Å². The van der Waals surface area contributed by atoms with Crippen molar-refractivity contribution in [1.29, 1.82) is 0 Å². The van der Waals surface area contributed by atoms with Crippen molar-refractivity contribution in [3.05, 3.63) is 54.2 Å². The van der Waals surface area contributed by atoms with Crippen molar-refractivity contribution in [2.24, 2.45) is 11.8 Å². The van der Waals surface area contributed by atoms with Crippen molar-refractivity contribution < 1.29 is 4.79 Å². The van der Waals surface area contributed by atoms with E-state index in [-0.39, 0.29) is 0 Å². The zero-order valence-electron chi connectivity index (χ0n) is 13.3. The van der Waals surface area contributed by atoms with Crippen molar-refractivity contribution in [3.8, 4) is 0 Å². The van der Waals surface area contributed by atoms with Crippen LogP contribution in [0.5, 0.6) is 0 Å². The van der Waals surface area contributed by atoms with E-state index in [1.165, 1.54) is 30.3 Å². The van der Waals surface area contributed by atoms with Gasteiger partial charge in [0.15, 0.2) is 6.29 Å². The predicted octanol–water partition coefficient (Wildman–Crippen LogP) is 3.49. The topological polar surface area (TPSA) is 33.2 Å². The van der Waals surface area contributed by atoms with Crippen molar-refractivity contribution in [2.75, 3.05) is 13.1 Å². The van der Waals surface area contributed by atoms with Crippen LogP contribution in [0.3, 0.4) is 0 Å². The van der Waals surface area contributed by atoms with Crippen LogP contribution in [-0.4, -0.2) is 35.3 Å². The lowest BCUT2D eigenvalue weighted by molar-refractivity contribution is 0.0196. The highest BCUT2D eigenvalue weighted by atomic mass is 16.1. The molecule has 3 nitrogen and oxygen atoms in total. The maximum Gasteiger partial charge on any atom is 0.168 e. The SMILES string of the molecule is C=C[C@H]1CN2CC[C@@H]1C[C@@H]2Cc1cc(C=O)nc2ccccc12. The lowest BCUT2D eigenvalue weighted by Gasteiger charge is -2.49. The van der Waals surface area contributed by atoms with Crippen LogP contribution >= 0.6 is 0 Å². The quantitative estimate of drug-likeness (QED) is 0.640. The van der Waals surface area contributed by atoms with Crippen LogP contribution < -0.4 is 0 Å². The normalized spacial score (nSPS) is 29.6. The molecule has 4 atom stereocenters. The molecule has 1 unspecified atom stereocenters. The van der Waals surface area contributed by atoms with Crippen LogP contribution in [0.2, 0.25) is 0 Å². The smallest absolute Gasteiger partial charge is 0.168 e. The van der Waals surface area contributed by atoms with E-state index < -0.39 is 0 Å². The highest BCUT2D eigenvalue weighted by Gasteiger charge is 2.38. The summed E-state index contributed by atoms with van der Waals surface area (Å²) in [5.74, 6) is 1.43. The molecule has 3 heteroatoms. The largest absolute Gasteiger partial charge is 0.299 e. The number of aromatic nitrogens is 1. The minimum absolute atomic E-state index is 0.540. The Labute approximate surface area is 137 Å². The van der Waals surface area contributed by atoms with Gasteiger partial charge in [0.05, 0.1) is 5.52 Å². The summed E-state index contributed by atoms with van der Waals surface area (Å²) in [5, 5.41) is 1.18. The van der Waals surface area contributed by atoms with Crippen LogP contribution in [-0.2, 0) is 6.42 Å². The molecule has 0 radical (unpaired) electrons. The molecule has 0 spiro atoms. The first-order chi connectivity index (χ1) is 11.3. The Hall–Kier alpha value is -2.00. The first-order valence-corrected chi connectivity index (χ1v) is 8.49. The first kappa shape index (κ1) is 14.6. The minimum Gasteiger partial charge on any atom is -0.299 e. The molecule has 0 aliphatic carbocycles. The average molecular weight is 306 g/mol. The van der Waals surface area contributed by atoms with Crippen LogP contribution in [0, 0.1) is 11.8 Å². The molecule has 0 saturated carbocycles. The Bertz CT molecular complexity index is 754. The number of pyridine rings is 1. The molecule has 4 heterocycles. The van der Waals surface area contributed by atoms with E-state index >= 15 is 0 Å². The van der Waals surface area contributed by atoms with E-state index in [0.717, 1.165) is 30.7 Å². The Morgan fingerprint density at radius 2 is 2.22 bits per heavy atom. The zero-order valence-corrected chi connectivity index (χ0v) is 13.3. The minimum atomic E-state index is 0.540. The Kier molecular flexibility index (Phi) is 3.74. The Morgan fingerprint density at radius 3 is 2.96 bits per heavy atom. The van der Waals surface area contributed by atoms with Gasteiger partial charge in [0, 0.05) is 18.0 Å². The number of piperidine rings is 3. The third-order valence-corrected chi connectivity index (χ3v) is 5.63. The highest BCUT2D eigenvalue weighted by molar-refractivity contribution is 5.86. The number of hydrogen-bond acceptors (Lipinski definition) is 3. The number of rotatable bonds is 4. The molecule has 23 heavy (non-hydrogen) atoms. The van der Waals surface area contributed by atoms with Crippen LogP contribution in [0.25, 0.3) is 10.9 Å². The molecular weight excluding hydrogens is 284 g/mol. The molecule has 0 amide bonds. The molecule has 2 aromatic rings. The Morgan fingerprint density at radius 1 is 1.35 bits per heavy atom. The van der Waals surface area contributed by atoms with Gasteiger partial charge in [-0.15, -0.1) is 6.58 Å². The molecule has 3 aliphatic heterocycles. The summed E-state index contributed by atoms with van der Waals surface area (Å²) in [6.07, 6.45) is 6.54. The van der Waals surface area contributed by atoms with Gasteiger partial charge in [-0.2, -0.15) is 0 Å². The van der Waals surface area contributed by atoms with Gasteiger partial charge < -0.3 is 0 Å². The van der Waals surface area contributed by atoms with Crippen LogP contribution in [0.4, 0.5) is 0 Å². The van der Waals surface area contributed by atoms with Gasteiger partial charge in [-0.1, -0.05) is 24.3 Å².